The predicted molar refractivity (Wildman–Crippen MR) is 84.9 cm³/mol. The van der Waals surface area contributed by atoms with E-state index >= 15 is 0 Å². The van der Waals surface area contributed by atoms with Crippen LogP contribution in [-0.2, 0) is 9.53 Å². The number of ether oxygens (including phenoxy) is 1. The molecule has 1 aromatic carbocycles. The van der Waals surface area contributed by atoms with Gasteiger partial charge in [-0.15, -0.1) is 11.3 Å². The van der Waals surface area contributed by atoms with Crippen LogP contribution in [0.4, 0.5) is 0 Å². The Morgan fingerprint density at radius 3 is 2.55 bits per heavy atom. The van der Waals surface area contributed by atoms with Crippen LogP contribution in [-0.4, -0.2) is 17.6 Å². The Bertz CT molecular complexity index is 580. The van der Waals surface area contributed by atoms with Crippen LogP contribution >= 0.6 is 27.3 Å². The van der Waals surface area contributed by atoms with Crippen molar-refractivity contribution in [2.24, 2.45) is 0 Å². The molecule has 1 unspecified atom stereocenters. The van der Waals surface area contributed by atoms with Gasteiger partial charge < -0.3 is 4.74 Å². The molecule has 0 aliphatic carbocycles. The molecule has 20 heavy (non-hydrogen) atoms. The number of hydrogen-bond donors (Lipinski definition) is 0. The Hall–Kier alpha value is -1.20. The van der Waals surface area contributed by atoms with Crippen molar-refractivity contribution in [3.63, 3.8) is 0 Å². The summed E-state index contributed by atoms with van der Waals surface area (Å²) in [6.07, 6.45) is 2.53. The summed E-state index contributed by atoms with van der Waals surface area (Å²) >= 11 is 5.00. The highest BCUT2D eigenvalue weighted by Crippen LogP contribution is 2.30. The molecule has 0 fully saturated rings. The van der Waals surface area contributed by atoms with Crippen molar-refractivity contribution in [3.05, 3.63) is 39.8 Å². The quantitative estimate of drug-likeness (QED) is 0.735. The highest BCUT2D eigenvalue weighted by atomic mass is 79.9. The van der Waals surface area contributed by atoms with Crippen molar-refractivity contribution in [2.45, 2.75) is 26.2 Å². The van der Waals surface area contributed by atoms with Crippen molar-refractivity contribution < 1.29 is 9.53 Å². The summed E-state index contributed by atoms with van der Waals surface area (Å²) in [7, 11) is 0. The number of thiazole rings is 1. The first-order valence-electron chi connectivity index (χ1n) is 6.54. The molecular weight excluding hydrogens is 338 g/mol. The molecule has 2 aromatic rings. The van der Waals surface area contributed by atoms with Gasteiger partial charge in [-0.2, -0.15) is 0 Å². The Balaban J connectivity index is 2.20. The maximum Gasteiger partial charge on any atom is 0.313 e. The highest BCUT2D eigenvalue weighted by Gasteiger charge is 2.19. The summed E-state index contributed by atoms with van der Waals surface area (Å²) < 4.78 is 6.12. The number of aromatic nitrogens is 1. The molecule has 106 valence electrons. The normalized spacial score (nSPS) is 12.2. The molecule has 3 nitrogen and oxygen atoms in total. The molecule has 5 heteroatoms. The Morgan fingerprint density at radius 1 is 1.35 bits per heavy atom. The van der Waals surface area contributed by atoms with Crippen molar-refractivity contribution >= 4 is 33.2 Å². The monoisotopic (exact) mass is 353 g/mol. The van der Waals surface area contributed by atoms with Crippen LogP contribution < -0.4 is 0 Å². The molecule has 0 bridgehead atoms. The van der Waals surface area contributed by atoms with Gasteiger partial charge in [0.1, 0.15) is 5.01 Å². The van der Waals surface area contributed by atoms with Gasteiger partial charge in [-0.25, -0.2) is 4.98 Å². The van der Waals surface area contributed by atoms with E-state index in [4.69, 9.17) is 4.74 Å². The van der Waals surface area contributed by atoms with Gasteiger partial charge in [-0.05, 0) is 34.8 Å². The van der Waals surface area contributed by atoms with Crippen LogP contribution in [0.5, 0.6) is 0 Å². The first-order chi connectivity index (χ1) is 9.65. The topological polar surface area (TPSA) is 39.2 Å². The fourth-order valence-corrected chi connectivity index (χ4v) is 3.24. The first kappa shape index (κ1) is 15.2. The zero-order valence-corrected chi connectivity index (χ0v) is 13.8. The van der Waals surface area contributed by atoms with E-state index in [0.717, 1.165) is 26.3 Å². The molecule has 0 spiro atoms. The summed E-state index contributed by atoms with van der Waals surface area (Å²) in [4.78, 5) is 16.2. The van der Waals surface area contributed by atoms with Crippen LogP contribution in [0.2, 0.25) is 0 Å². The maximum atomic E-state index is 11.9. The third-order valence-corrected chi connectivity index (χ3v) is 4.54. The van der Waals surface area contributed by atoms with E-state index in [1.807, 2.05) is 38.1 Å². The fraction of sp³-hybridized carbons (Fsp3) is 0.333. The number of carbonyl (C=O) groups excluding carboxylic acids is 1. The average Bonchev–Trinajstić information content (AvgIpc) is 2.87. The summed E-state index contributed by atoms with van der Waals surface area (Å²) in [5.74, 6) is -0.341. The lowest BCUT2D eigenvalue weighted by molar-refractivity contribution is -0.145. The van der Waals surface area contributed by atoms with E-state index < -0.39 is 0 Å². The van der Waals surface area contributed by atoms with E-state index in [0.29, 0.717) is 6.61 Å². The molecule has 0 aliphatic heterocycles. The average molecular weight is 354 g/mol. The first-order valence-corrected chi connectivity index (χ1v) is 8.15. The van der Waals surface area contributed by atoms with E-state index in [1.165, 1.54) is 0 Å². The van der Waals surface area contributed by atoms with Crippen LogP contribution in [0, 0.1) is 0 Å². The van der Waals surface area contributed by atoms with Gasteiger partial charge in [0.05, 0.1) is 22.5 Å². The van der Waals surface area contributed by atoms with Crippen LogP contribution in [0.25, 0.3) is 10.6 Å². The minimum Gasteiger partial charge on any atom is -0.466 e. The minimum atomic E-state index is -0.188. The zero-order chi connectivity index (χ0) is 14.5. The summed E-state index contributed by atoms with van der Waals surface area (Å²) in [6.45, 7) is 4.24. The third-order valence-electron chi connectivity index (χ3n) is 3.02. The van der Waals surface area contributed by atoms with Gasteiger partial charge in [-0.1, -0.05) is 31.2 Å². The van der Waals surface area contributed by atoms with Crippen molar-refractivity contribution in [2.75, 3.05) is 6.61 Å². The van der Waals surface area contributed by atoms with Gasteiger partial charge in [-0.3, -0.25) is 4.79 Å². The van der Waals surface area contributed by atoms with Crippen molar-refractivity contribution in [1.29, 1.82) is 0 Å². The molecule has 0 N–H and O–H groups in total. The number of benzene rings is 1. The molecule has 0 saturated heterocycles. The van der Waals surface area contributed by atoms with Crippen molar-refractivity contribution in [1.82, 2.24) is 4.98 Å². The number of carbonyl (C=O) groups is 1. The molecular formula is C15H16BrNO2S. The molecule has 0 aliphatic rings. The molecule has 0 saturated carbocycles. The van der Waals surface area contributed by atoms with Gasteiger partial charge in [0.15, 0.2) is 0 Å². The van der Waals surface area contributed by atoms with Crippen LogP contribution in [0.1, 0.15) is 31.7 Å². The Labute approximate surface area is 131 Å². The summed E-state index contributed by atoms with van der Waals surface area (Å²) in [6, 6.07) is 7.97. The fourth-order valence-electron chi connectivity index (χ4n) is 2.03. The molecule has 0 radical (unpaired) electrons. The lowest BCUT2D eigenvalue weighted by atomic mass is 9.96. The number of hydrogen-bond acceptors (Lipinski definition) is 4. The minimum absolute atomic E-state index is 0.153. The van der Waals surface area contributed by atoms with Gasteiger partial charge in [0, 0.05) is 5.56 Å². The molecule has 1 atom stereocenters. The Morgan fingerprint density at radius 2 is 2.05 bits per heavy atom. The second-order valence-corrected chi connectivity index (χ2v) is 6.71. The zero-order valence-electron chi connectivity index (χ0n) is 11.4. The van der Waals surface area contributed by atoms with Crippen LogP contribution in [0.3, 0.4) is 0 Å². The molecule has 1 aromatic heterocycles. The van der Waals surface area contributed by atoms with E-state index in [-0.39, 0.29) is 11.9 Å². The lowest BCUT2D eigenvalue weighted by Crippen LogP contribution is -2.15. The summed E-state index contributed by atoms with van der Waals surface area (Å²) in [5.41, 5.74) is 2.05. The second kappa shape index (κ2) is 6.99. The number of nitrogens with zero attached hydrogens (tertiary/aromatic N) is 1. The van der Waals surface area contributed by atoms with E-state index in [1.54, 1.807) is 17.5 Å². The van der Waals surface area contributed by atoms with Crippen LogP contribution in [0.15, 0.2) is 34.2 Å². The smallest absolute Gasteiger partial charge is 0.313 e. The molecule has 0 amide bonds. The summed E-state index contributed by atoms with van der Waals surface area (Å²) in [5, 5.41) is 0.965. The maximum absolute atomic E-state index is 11.9. The SMILES string of the molecule is CCOC(=O)C(CC)c1ccc(-c2ncc(Br)s2)cc1. The number of rotatable bonds is 5. The molecule has 2 rings (SSSR count). The number of halogens is 1. The predicted octanol–water partition coefficient (Wildman–Crippen LogP) is 4.63. The third kappa shape index (κ3) is 3.46. The standard InChI is InChI=1S/C15H16BrNO2S/c1-3-12(15(18)19-4-2)10-5-7-11(8-6-10)14-17-9-13(16)20-14/h5-9,12H,3-4H2,1-2H3. The van der Waals surface area contributed by atoms with Gasteiger partial charge >= 0.3 is 5.97 Å². The lowest BCUT2D eigenvalue weighted by Gasteiger charge is -2.14. The van der Waals surface area contributed by atoms with E-state index in [2.05, 4.69) is 20.9 Å². The largest absolute Gasteiger partial charge is 0.466 e. The second-order valence-electron chi connectivity index (χ2n) is 4.30. The van der Waals surface area contributed by atoms with E-state index in [9.17, 15) is 4.79 Å². The molecule has 1 heterocycles. The van der Waals surface area contributed by atoms with Gasteiger partial charge in [0.25, 0.3) is 0 Å². The number of esters is 1. The Kier molecular flexibility index (Phi) is 5.31. The van der Waals surface area contributed by atoms with Gasteiger partial charge in [0.2, 0.25) is 0 Å². The highest BCUT2D eigenvalue weighted by molar-refractivity contribution is 9.11. The van der Waals surface area contributed by atoms with Crippen molar-refractivity contribution in [3.8, 4) is 10.6 Å².